The summed E-state index contributed by atoms with van der Waals surface area (Å²) in [6.07, 6.45) is 0. The molecule has 1 fully saturated rings. The molecule has 0 bridgehead atoms. The van der Waals surface area contributed by atoms with E-state index in [0.717, 1.165) is 11.1 Å². The summed E-state index contributed by atoms with van der Waals surface area (Å²) in [5.74, 6) is -0.946. The van der Waals surface area contributed by atoms with Crippen molar-refractivity contribution >= 4 is 23.5 Å². The van der Waals surface area contributed by atoms with Gasteiger partial charge in [-0.15, -0.1) is 11.6 Å². The molecule has 3 aliphatic rings. The number of phenolic OH excluding ortho intramolecular Hbond substituents is 1. The lowest BCUT2D eigenvalue weighted by atomic mass is 9.65. The van der Waals surface area contributed by atoms with Crippen LogP contribution in [0.4, 0.5) is 0 Å². The first kappa shape index (κ1) is 21.5. The number of benzene rings is 2. The first-order chi connectivity index (χ1) is 16.0. The summed E-state index contributed by atoms with van der Waals surface area (Å²) in [5.41, 5.74) is 2.25. The quantitative estimate of drug-likeness (QED) is 0.501. The molecule has 0 aromatic heterocycles. The number of rotatable bonds is 5. The van der Waals surface area contributed by atoms with Crippen LogP contribution in [0, 0.1) is 11.8 Å². The molecule has 33 heavy (non-hydrogen) atoms. The number of halogens is 1. The molecule has 10 heteroatoms. The van der Waals surface area contributed by atoms with E-state index in [-0.39, 0.29) is 54.3 Å². The van der Waals surface area contributed by atoms with Crippen LogP contribution in [0.1, 0.15) is 28.7 Å². The summed E-state index contributed by atoms with van der Waals surface area (Å²) in [6, 6.07) is 6.51. The zero-order chi connectivity index (χ0) is 23.3. The molecular formula is C23H22ClNO8. The Morgan fingerprint density at radius 3 is 2.33 bits per heavy atom. The number of ether oxygens (including phenoxy) is 5. The number of phenols is 1. The van der Waals surface area contributed by atoms with Crippen molar-refractivity contribution in [2.75, 3.05) is 33.5 Å². The topological polar surface area (TPSA) is 113 Å². The molecule has 174 valence electrons. The molecule has 9 nitrogen and oxygen atoms in total. The minimum absolute atomic E-state index is 0.0807. The molecule has 0 spiro atoms. The molecule has 2 N–H and O–H groups in total. The number of hydrogen-bond acceptors (Lipinski definition) is 8. The summed E-state index contributed by atoms with van der Waals surface area (Å²) in [5, 5.41) is 13.3. The first-order valence-corrected chi connectivity index (χ1v) is 10.9. The molecule has 5 rings (SSSR count). The van der Waals surface area contributed by atoms with Gasteiger partial charge in [-0.3, -0.25) is 9.59 Å². The minimum atomic E-state index is -0.600. The number of aromatic hydroxyl groups is 1. The fourth-order valence-corrected chi connectivity index (χ4v) is 5.13. The third-order valence-electron chi connectivity index (χ3n) is 6.49. The van der Waals surface area contributed by atoms with Crippen LogP contribution in [0.15, 0.2) is 24.3 Å². The maximum atomic E-state index is 13.0. The SMILES string of the molecule is COc1cc(C2c3cc4c(cc3C(NC(=O)CCl)C3COC(=O)C23)OCO4)cc(OC)c1O. The van der Waals surface area contributed by atoms with E-state index in [1.165, 1.54) is 14.2 Å². The molecule has 4 atom stereocenters. The molecule has 0 radical (unpaired) electrons. The van der Waals surface area contributed by atoms with E-state index in [1.54, 1.807) is 12.1 Å². The zero-order valence-corrected chi connectivity index (χ0v) is 18.7. The highest BCUT2D eigenvalue weighted by Crippen LogP contribution is 2.55. The molecule has 2 aromatic carbocycles. The van der Waals surface area contributed by atoms with Gasteiger partial charge in [0.15, 0.2) is 23.0 Å². The van der Waals surface area contributed by atoms with Gasteiger partial charge in [0, 0.05) is 11.8 Å². The third-order valence-corrected chi connectivity index (χ3v) is 6.73. The number of fused-ring (bicyclic) bond motifs is 3. The van der Waals surface area contributed by atoms with Crippen molar-refractivity contribution in [3.8, 4) is 28.7 Å². The molecular weight excluding hydrogens is 454 g/mol. The predicted octanol–water partition coefficient (Wildman–Crippen LogP) is 2.47. The van der Waals surface area contributed by atoms with Gasteiger partial charge in [-0.2, -0.15) is 0 Å². The van der Waals surface area contributed by atoms with Crippen molar-refractivity contribution in [3.63, 3.8) is 0 Å². The maximum Gasteiger partial charge on any atom is 0.310 e. The highest BCUT2D eigenvalue weighted by Gasteiger charge is 2.53. The van der Waals surface area contributed by atoms with Gasteiger partial charge in [-0.25, -0.2) is 0 Å². The smallest absolute Gasteiger partial charge is 0.310 e. The Kier molecular flexibility index (Phi) is 5.36. The summed E-state index contributed by atoms with van der Waals surface area (Å²) in [6.45, 7) is 0.227. The number of amides is 1. The summed E-state index contributed by atoms with van der Waals surface area (Å²) < 4.78 is 27.3. The Hall–Kier alpha value is -3.33. The number of cyclic esters (lactones) is 1. The third kappa shape index (κ3) is 3.38. The second-order valence-corrected chi connectivity index (χ2v) is 8.35. The highest BCUT2D eigenvalue weighted by molar-refractivity contribution is 6.27. The summed E-state index contributed by atoms with van der Waals surface area (Å²) in [4.78, 5) is 25.2. The maximum absolute atomic E-state index is 13.0. The minimum Gasteiger partial charge on any atom is -0.502 e. The Morgan fingerprint density at radius 2 is 1.73 bits per heavy atom. The molecule has 2 aliphatic heterocycles. The molecule has 2 aromatic rings. The second kappa shape index (κ2) is 8.22. The van der Waals surface area contributed by atoms with Crippen LogP contribution in [0.2, 0.25) is 0 Å². The van der Waals surface area contributed by atoms with Crippen molar-refractivity contribution in [2.45, 2.75) is 12.0 Å². The van der Waals surface area contributed by atoms with Crippen molar-refractivity contribution < 1.29 is 38.4 Å². The number of nitrogens with one attached hydrogen (secondary N) is 1. The van der Waals surface area contributed by atoms with Gasteiger partial charge in [-0.1, -0.05) is 0 Å². The molecule has 0 saturated carbocycles. The van der Waals surface area contributed by atoms with E-state index in [0.29, 0.717) is 17.1 Å². The van der Waals surface area contributed by atoms with Gasteiger partial charge in [-0.05, 0) is 41.0 Å². The van der Waals surface area contributed by atoms with Crippen LogP contribution < -0.4 is 24.3 Å². The summed E-state index contributed by atoms with van der Waals surface area (Å²) in [7, 11) is 2.88. The standard InChI is InChI=1S/C23H22ClNO8/c1-29-16-3-10(4-17(30-2)22(16)27)19-11-5-14-15(33-9-32-14)6-12(11)21(25-18(26)7-24)13-8-31-23(28)20(13)19/h3-6,13,19-21,27H,7-9H2,1-2H3,(H,25,26). The zero-order valence-electron chi connectivity index (χ0n) is 17.9. The monoisotopic (exact) mass is 475 g/mol. The largest absolute Gasteiger partial charge is 0.502 e. The van der Waals surface area contributed by atoms with E-state index >= 15 is 0 Å². The van der Waals surface area contributed by atoms with Gasteiger partial charge < -0.3 is 34.1 Å². The first-order valence-electron chi connectivity index (χ1n) is 10.4. The number of esters is 1. The van der Waals surface area contributed by atoms with E-state index in [9.17, 15) is 14.7 Å². The van der Waals surface area contributed by atoms with E-state index in [1.807, 2.05) is 12.1 Å². The van der Waals surface area contributed by atoms with E-state index < -0.39 is 17.9 Å². The van der Waals surface area contributed by atoms with Crippen molar-refractivity contribution in [3.05, 3.63) is 41.0 Å². The Balaban J connectivity index is 1.74. The van der Waals surface area contributed by atoms with Crippen LogP contribution in [-0.4, -0.2) is 50.5 Å². The number of carbonyl (C=O) groups excluding carboxylic acids is 2. The van der Waals surface area contributed by atoms with Crippen LogP contribution in [-0.2, 0) is 14.3 Å². The fraction of sp³-hybridized carbons (Fsp3) is 0.391. The number of hydrogen-bond donors (Lipinski definition) is 2. The van der Waals surface area contributed by atoms with Crippen molar-refractivity contribution in [2.24, 2.45) is 11.8 Å². The lowest BCUT2D eigenvalue weighted by molar-refractivity contribution is -0.141. The number of carbonyl (C=O) groups is 2. The Labute approximate surface area is 194 Å². The van der Waals surface area contributed by atoms with Crippen molar-refractivity contribution in [1.29, 1.82) is 0 Å². The van der Waals surface area contributed by atoms with Crippen LogP contribution in [0.25, 0.3) is 0 Å². The second-order valence-electron chi connectivity index (χ2n) is 8.08. The average molecular weight is 476 g/mol. The molecule has 1 aliphatic carbocycles. The van der Waals surface area contributed by atoms with Crippen LogP contribution in [0.5, 0.6) is 28.7 Å². The van der Waals surface area contributed by atoms with E-state index in [2.05, 4.69) is 5.32 Å². The Morgan fingerprint density at radius 1 is 1.09 bits per heavy atom. The van der Waals surface area contributed by atoms with Gasteiger partial charge in [0.25, 0.3) is 0 Å². The number of alkyl halides is 1. The number of methoxy groups -OCH3 is 2. The van der Waals surface area contributed by atoms with Crippen LogP contribution >= 0.6 is 11.6 Å². The average Bonchev–Trinajstić information content (AvgIpc) is 3.44. The van der Waals surface area contributed by atoms with Crippen molar-refractivity contribution in [1.82, 2.24) is 5.32 Å². The lowest BCUT2D eigenvalue weighted by Gasteiger charge is -2.39. The predicted molar refractivity (Wildman–Crippen MR) is 115 cm³/mol. The molecule has 2 heterocycles. The van der Waals surface area contributed by atoms with Gasteiger partial charge in [0.05, 0.1) is 32.8 Å². The normalized spacial score (nSPS) is 24.5. The fourth-order valence-electron chi connectivity index (χ4n) is 5.05. The molecule has 1 amide bonds. The van der Waals surface area contributed by atoms with Gasteiger partial charge in [0.2, 0.25) is 18.4 Å². The van der Waals surface area contributed by atoms with E-state index in [4.69, 9.17) is 35.3 Å². The van der Waals surface area contributed by atoms with Gasteiger partial charge >= 0.3 is 5.97 Å². The highest BCUT2D eigenvalue weighted by atomic mass is 35.5. The van der Waals surface area contributed by atoms with Gasteiger partial charge in [0.1, 0.15) is 5.88 Å². The molecule has 4 unspecified atom stereocenters. The Bertz CT molecular complexity index is 1110. The lowest BCUT2D eigenvalue weighted by Crippen LogP contribution is -2.43. The summed E-state index contributed by atoms with van der Waals surface area (Å²) >= 11 is 5.76. The van der Waals surface area contributed by atoms with Crippen LogP contribution in [0.3, 0.4) is 0 Å². The molecule has 1 saturated heterocycles.